The van der Waals surface area contributed by atoms with Gasteiger partial charge in [-0.25, -0.2) is 0 Å². The predicted molar refractivity (Wildman–Crippen MR) is 80.9 cm³/mol. The molecule has 1 aromatic carbocycles. The fraction of sp³-hybridized carbons (Fsp3) is 0.154. The molecule has 0 spiro atoms. The number of nitrogens with one attached hydrogen (secondary N) is 2. The highest BCUT2D eigenvalue weighted by atomic mass is 35.5. The van der Waals surface area contributed by atoms with Crippen molar-refractivity contribution >= 4 is 40.2 Å². The van der Waals surface area contributed by atoms with E-state index in [9.17, 15) is 4.79 Å². The number of rotatable bonds is 4. The third kappa shape index (κ3) is 3.39. The van der Waals surface area contributed by atoms with Gasteiger partial charge in [0.15, 0.2) is 0 Å². The summed E-state index contributed by atoms with van der Waals surface area (Å²) in [6.45, 7) is 0.654. The first-order chi connectivity index (χ1) is 9.10. The van der Waals surface area contributed by atoms with Crippen molar-refractivity contribution in [3.63, 3.8) is 0 Å². The summed E-state index contributed by atoms with van der Waals surface area (Å²) < 4.78 is 0.764. The Balaban J connectivity index is 2.07. The molecular formula is C13H14ClN3OS. The second-order valence-electron chi connectivity index (χ2n) is 3.94. The van der Waals surface area contributed by atoms with Crippen LogP contribution in [-0.4, -0.2) is 13.0 Å². The minimum absolute atomic E-state index is 0.150. The summed E-state index contributed by atoms with van der Waals surface area (Å²) in [5, 5.41) is 5.78. The van der Waals surface area contributed by atoms with Crippen molar-refractivity contribution < 1.29 is 4.79 Å². The van der Waals surface area contributed by atoms with Crippen molar-refractivity contribution in [1.82, 2.24) is 5.32 Å². The highest BCUT2D eigenvalue weighted by Crippen LogP contribution is 2.24. The van der Waals surface area contributed by atoms with Crippen molar-refractivity contribution in [3.05, 3.63) is 45.1 Å². The molecule has 0 radical (unpaired) electrons. The van der Waals surface area contributed by atoms with Crippen LogP contribution in [0.4, 0.5) is 11.4 Å². The van der Waals surface area contributed by atoms with E-state index in [0.717, 1.165) is 14.9 Å². The maximum Gasteiger partial charge on any atom is 0.251 e. The minimum atomic E-state index is -0.150. The largest absolute Gasteiger partial charge is 0.397 e. The van der Waals surface area contributed by atoms with Gasteiger partial charge >= 0.3 is 0 Å². The molecule has 4 nitrogen and oxygen atoms in total. The van der Waals surface area contributed by atoms with Crippen molar-refractivity contribution in [3.8, 4) is 0 Å². The van der Waals surface area contributed by atoms with Crippen LogP contribution in [0.3, 0.4) is 0 Å². The Kier molecular flexibility index (Phi) is 4.29. The summed E-state index contributed by atoms with van der Waals surface area (Å²) in [4.78, 5) is 12.6. The lowest BCUT2D eigenvalue weighted by atomic mass is 10.1. The lowest BCUT2D eigenvalue weighted by Crippen LogP contribution is -2.18. The number of anilines is 2. The Labute approximate surface area is 120 Å². The summed E-state index contributed by atoms with van der Waals surface area (Å²) >= 11 is 7.39. The topological polar surface area (TPSA) is 67.2 Å². The van der Waals surface area contributed by atoms with E-state index >= 15 is 0 Å². The van der Waals surface area contributed by atoms with E-state index in [4.69, 9.17) is 17.3 Å². The zero-order valence-corrected chi connectivity index (χ0v) is 11.9. The van der Waals surface area contributed by atoms with Gasteiger partial charge in [-0.1, -0.05) is 11.6 Å². The molecule has 0 saturated carbocycles. The minimum Gasteiger partial charge on any atom is -0.397 e. The average molecular weight is 296 g/mol. The van der Waals surface area contributed by atoms with Crippen LogP contribution in [0.1, 0.15) is 15.2 Å². The van der Waals surface area contributed by atoms with Gasteiger partial charge in [0.25, 0.3) is 5.91 Å². The molecule has 0 saturated heterocycles. The lowest BCUT2D eigenvalue weighted by Gasteiger charge is -2.09. The Morgan fingerprint density at radius 1 is 1.37 bits per heavy atom. The number of amides is 1. The van der Waals surface area contributed by atoms with Crippen LogP contribution in [0.2, 0.25) is 4.34 Å². The van der Waals surface area contributed by atoms with E-state index in [1.54, 1.807) is 25.2 Å². The second-order valence-corrected chi connectivity index (χ2v) is 5.74. The summed E-state index contributed by atoms with van der Waals surface area (Å²) in [6.07, 6.45) is 0. The predicted octanol–water partition coefficient (Wildman–Crippen LogP) is 2.96. The molecule has 0 aliphatic carbocycles. The van der Waals surface area contributed by atoms with E-state index in [-0.39, 0.29) is 5.91 Å². The fourth-order valence-corrected chi connectivity index (χ4v) is 2.67. The number of hydrogen-bond acceptors (Lipinski definition) is 4. The van der Waals surface area contributed by atoms with Gasteiger partial charge in [0.05, 0.1) is 15.7 Å². The van der Waals surface area contributed by atoms with E-state index in [2.05, 4.69) is 10.6 Å². The molecule has 19 heavy (non-hydrogen) atoms. The summed E-state index contributed by atoms with van der Waals surface area (Å²) in [7, 11) is 1.59. The van der Waals surface area contributed by atoms with Crippen molar-refractivity contribution in [2.24, 2.45) is 0 Å². The van der Waals surface area contributed by atoms with Crippen molar-refractivity contribution in [2.45, 2.75) is 6.54 Å². The first-order valence-electron chi connectivity index (χ1n) is 5.70. The maximum absolute atomic E-state index is 11.5. The quantitative estimate of drug-likeness (QED) is 0.760. The van der Waals surface area contributed by atoms with E-state index < -0.39 is 0 Å². The fourth-order valence-electron chi connectivity index (χ4n) is 1.64. The molecular weight excluding hydrogens is 282 g/mol. The van der Waals surface area contributed by atoms with Gasteiger partial charge in [-0.05, 0) is 30.3 Å². The normalized spacial score (nSPS) is 10.2. The van der Waals surface area contributed by atoms with Crippen molar-refractivity contribution in [2.75, 3.05) is 18.1 Å². The first-order valence-corrected chi connectivity index (χ1v) is 6.89. The number of benzene rings is 1. The highest BCUT2D eigenvalue weighted by Gasteiger charge is 2.06. The number of carbonyl (C=O) groups is 1. The van der Waals surface area contributed by atoms with Crippen LogP contribution >= 0.6 is 22.9 Å². The van der Waals surface area contributed by atoms with E-state index in [1.807, 2.05) is 12.1 Å². The first kappa shape index (κ1) is 13.7. The third-order valence-electron chi connectivity index (χ3n) is 2.62. The molecule has 2 aromatic rings. The molecule has 0 aliphatic heterocycles. The number of hydrogen-bond donors (Lipinski definition) is 3. The zero-order chi connectivity index (χ0) is 13.8. The molecule has 0 unspecified atom stereocenters. The molecule has 0 fully saturated rings. The number of thiophene rings is 1. The van der Waals surface area contributed by atoms with Gasteiger partial charge in [0.2, 0.25) is 0 Å². The van der Waals surface area contributed by atoms with E-state index in [1.165, 1.54) is 11.3 Å². The molecule has 6 heteroatoms. The maximum atomic E-state index is 11.5. The van der Waals surface area contributed by atoms with Crippen LogP contribution in [-0.2, 0) is 6.54 Å². The Morgan fingerprint density at radius 2 is 2.16 bits per heavy atom. The van der Waals surface area contributed by atoms with Crippen LogP contribution in [0.25, 0.3) is 0 Å². The van der Waals surface area contributed by atoms with Crippen LogP contribution in [0.15, 0.2) is 30.3 Å². The lowest BCUT2D eigenvalue weighted by molar-refractivity contribution is 0.0963. The Hall–Kier alpha value is -1.72. The molecule has 2 rings (SSSR count). The van der Waals surface area contributed by atoms with Gasteiger partial charge in [0.1, 0.15) is 0 Å². The Bertz CT molecular complexity index is 597. The van der Waals surface area contributed by atoms with E-state index in [0.29, 0.717) is 17.8 Å². The van der Waals surface area contributed by atoms with Crippen LogP contribution in [0.5, 0.6) is 0 Å². The highest BCUT2D eigenvalue weighted by molar-refractivity contribution is 7.16. The second kappa shape index (κ2) is 5.95. The van der Waals surface area contributed by atoms with Gasteiger partial charge in [-0.3, -0.25) is 4.79 Å². The summed E-state index contributed by atoms with van der Waals surface area (Å²) in [5.41, 5.74) is 7.81. The van der Waals surface area contributed by atoms with Gasteiger partial charge in [-0.2, -0.15) is 0 Å². The third-order valence-corrected chi connectivity index (χ3v) is 3.85. The average Bonchev–Trinajstić information content (AvgIpc) is 2.82. The summed E-state index contributed by atoms with van der Waals surface area (Å²) in [6, 6.07) is 9.02. The molecule has 100 valence electrons. The molecule has 0 bridgehead atoms. The van der Waals surface area contributed by atoms with Crippen LogP contribution in [0, 0.1) is 0 Å². The number of nitrogen functional groups attached to an aromatic ring is 1. The molecule has 1 amide bonds. The number of carbonyl (C=O) groups excluding carboxylic acids is 1. The van der Waals surface area contributed by atoms with Gasteiger partial charge < -0.3 is 16.4 Å². The van der Waals surface area contributed by atoms with Gasteiger partial charge in [0, 0.05) is 24.0 Å². The zero-order valence-electron chi connectivity index (χ0n) is 10.4. The molecule has 0 atom stereocenters. The summed E-state index contributed by atoms with van der Waals surface area (Å²) in [5.74, 6) is -0.150. The number of halogens is 1. The van der Waals surface area contributed by atoms with Crippen LogP contribution < -0.4 is 16.4 Å². The molecule has 1 heterocycles. The van der Waals surface area contributed by atoms with Gasteiger partial charge in [-0.15, -0.1) is 11.3 Å². The number of nitrogens with two attached hydrogens (primary N) is 1. The smallest absolute Gasteiger partial charge is 0.251 e. The standard InChI is InChI=1S/C13H14ClN3OS/c1-16-13(18)8-2-4-11(10(15)6-8)17-7-9-3-5-12(14)19-9/h2-6,17H,7,15H2,1H3,(H,16,18). The van der Waals surface area contributed by atoms with Crippen molar-refractivity contribution in [1.29, 1.82) is 0 Å². The Morgan fingerprint density at radius 3 is 2.74 bits per heavy atom. The SMILES string of the molecule is CNC(=O)c1ccc(NCc2ccc(Cl)s2)c(N)c1. The molecule has 4 N–H and O–H groups in total. The molecule has 0 aliphatic rings. The monoisotopic (exact) mass is 295 g/mol. The molecule has 1 aromatic heterocycles.